The zero-order chi connectivity index (χ0) is 15.8. The maximum Gasteiger partial charge on any atom is 0.319 e. The fourth-order valence-corrected chi connectivity index (χ4v) is 2.37. The number of carbonyl (C=O) groups excluding carboxylic acids is 2. The van der Waals surface area contributed by atoms with E-state index in [2.05, 4.69) is 22.0 Å². The highest BCUT2D eigenvalue weighted by molar-refractivity contribution is 5.89. The quantitative estimate of drug-likeness (QED) is 0.732. The summed E-state index contributed by atoms with van der Waals surface area (Å²) in [6.07, 6.45) is 6.89. The SMILES string of the molecule is CC(=O)NCc1ccc(NC(=O)NCC2=CCCCC2)cc1. The van der Waals surface area contributed by atoms with Crippen molar-refractivity contribution in [2.75, 3.05) is 11.9 Å². The van der Waals surface area contributed by atoms with E-state index in [4.69, 9.17) is 0 Å². The van der Waals surface area contributed by atoms with Gasteiger partial charge >= 0.3 is 6.03 Å². The molecule has 22 heavy (non-hydrogen) atoms. The number of benzene rings is 1. The fraction of sp³-hybridized carbons (Fsp3) is 0.412. The zero-order valence-electron chi connectivity index (χ0n) is 12.9. The Morgan fingerprint density at radius 1 is 1.05 bits per heavy atom. The molecule has 1 aliphatic rings. The lowest BCUT2D eigenvalue weighted by Crippen LogP contribution is -2.30. The third-order valence-electron chi connectivity index (χ3n) is 3.61. The summed E-state index contributed by atoms with van der Waals surface area (Å²) in [7, 11) is 0. The maximum atomic E-state index is 11.8. The Hall–Kier alpha value is -2.30. The van der Waals surface area contributed by atoms with E-state index in [1.54, 1.807) is 0 Å². The van der Waals surface area contributed by atoms with Crippen LogP contribution < -0.4 is 16.0 Å². The van der Waals surface area contributed by atoms with E-state index in [-0.39, 0.29) is 11.9 Å². The topological polar surface area (TPSA) is 70.2 Å². The lowest BCUT2D eigenvalue weighted by Gasteiger charge is -2.14. The summed E-state index contributed by atoms with van der Waals surface area (Å²) in [5.74, 6) is -0.0569. The second-order valence-corrected chi connectivity index (χ2v) is 5.52. The Morgan fingerprint density at radius 2 is 1.82 bits per heavy atom. The minimum absolute atomic E-state index is 0.0569. The average Bonchev–Trinajstić information content (AvgIpc) is 2.53. The smallest absolute Gasteiger partial charge is 0.319 e. The molecule has 0 spiro atoms. The summed E-state index contributed by atoms with van der Waals surface area (Å²) in [5, 5.41) is 8.42. The summed E-state index contributed by atoms with van der Waals surface area (Å²) in [6.45, 7) is 2.60. The Labute approximate surface area is 131 Å². The van der Waals surface area contributed by atoms with Crippen molar-refractivity contribution in [1.82, 2.24) is 10.6 Å². The van der Waals surface area contributed by atoms with Gasteiger partial charge in [-0.05, 0) is 43.4 Å². The molecule has 3 amide bonds. The van der Waals surface area contributed by atoms with Crippen LogP contribution in [0.2, 0.25) is 0 Å². The second-order valence-electron chi connectivity index (χ2n) is 5.52. The van der Waals surface area contributed by atoms with Gasteiger partial charge in [-0.1, -0.05) is 23.8 Å². The van der Waals surface area contributed by atoms with Crippen molar-refractivity contribution in [1.29, 1.82) is 0 Å². The number of anilines is 1. The van der Waals surface area contributed by atoms with Crippen LogP contribution in [0.3, 0.4) is 0 Å². The molecule has 5 heteroatoms. The molecule has 0 aliphatic heterocycles. The number of amides is 3. The zero-order valence-corrected chi connectivity index (χ0v) is 12.9. The first-order valence-corrected chi connectivity index (χ1v) is 7.69. The molecule has 2 rings (SSSR count). The van der Waals surface area contributed by atoms with E-state index in [1.165, 1.54) is 25.3 Å². The van der Waals surface area contributed by atoms with Gasteiger partial charge in [-0.2, -0.15) is 0 Å². The normalized spacial score (nSPS) is 14.0. The molecule has 0 saturated heterocycles. The molecule has 0 aromatic heterocycles. The average molecular weight is 301 g/mol. The molecule has 0 radical (unpaired) electrons. The molecule has 1 aliphatic carbocycles. The van der Waals surface area contributed by atoms with Gasteiger partial charge in [-0.3, -0.25) is 4.79 Å². The van der Waals surface area contributed by atoms with Gasteiger partial charge < -0.3 is 16.0 Å². The van der Waals surface area contributed by atoms with Gasteiger partial charge in [-0.25, -0.2) is 4.79 Å². The van der Waals surface area contributed by atoms with Crippen molar-refractivity contribution < 1.29 is 9.59 Å². The minimum Gasteiger partial charge on any atom is -0.352 e. The van der Waals surface area contributed by atoms with E-state index in [0.29, 0.717) is 13.1 Å². The van der Waals surface area contributed by atoms with Crippen LogP contribution in [0, 0.1) is 0 Å². The molecule has 0 heterocycles. The highest BCUT2D eigenvalue weighted by Crippen LogP contribution is 2.16. The molecule has 1 aromatic rings. The summed E-state index contributed by atoms with van der Waals surface area (Å²) >= 11 is 0. The van der Waals surface area contributed by atoms with Crippen LogP contribution >= 0.6 is 0 Å². The first-order valence-electron chi connectivity index (χ1n) is 7.69. The van der Waals surface area contributed by atoms with E-state index in [0.717, 1.165) is 24.1 Å². The number of allylic oxidation sites excluding steroid dienone is 1. The van der Waals surface area contributed by atoms with E-state index in [9.17, 15) is 9.59 Å². The number of rotatable bonds is 5. The number of hydrogen-bond donors (Lipinski definition) is 3. The molecule has 0 fully saturated rings. The lowest BCUT2D eigenvalue weighted by atomic mass is 10.00. The number of urea groups is 1. The van der Waals surface area contributed by atoms with Crippen molar-refractivity contribution >= 4 is 17.6 Å². The van der Waals surface area contributed by atoms with Gasteiger partial charge in [0.2, 0.25) is 5.91 Å². The van der Waals surface area contributed by atoms with Crippen molar-refractivity contribution in [3.05, 3.63) is 41.5 Å². The Kier molecular flexibility index (Phi) is 6.01. The number of carbonyl (C=O) groups is 2. The molecular weight excluding hydrogens is 278 g/mol. The third kappa shape index (κ3) is 5.60. The molecule has 0 unspecified atom stereocenters. The second kappa shape index (κ2) is 8.22. The summed E-state index contributed by atoms with van der Waals surface area (Å²) in [4.78, 5) is 22.7. The molecule has 0 saturated carbocycles. The lowest BCUT2D eigenvalue weighted by molar-refractivity contribution is -0.119. The minimum atomic E-state index is -0.193. The molecule has 3 N–H and O–H groups in total. The van der Waals surface area contributed by atoms with Crippen LogP contribution in [0.5, 0.6) is 0 Å². The Balaban J connectivity index is 1.76. The van der Waals surface area contributed by atoms with Crippen molar-refractivity contribution in [2.24, 2.45) is 0 Å². The van der Waals surface area contributed by atoms with Crippen molar-refractivity contribution in [2.45, 2.75) is 39.2 Å². The van der Waals surface area contributed by atoms with Crippen LogP contribution in [-0.4, -0.2) is 18.5 Å². The van der Waals surface area contributed by atoms with Gasteiger partial charge in [0.1, 0.15) is 0 Å². The largest absolute Gasteiger partial charge is 0.352 e. The van der Waals surface area contributed by atoms with Gasteiger partial charge in [-0.15, -0.1) is 0 Å². The fourth-order valence-electron chi connectivity index (χ4n) is 2.37. The molecule has 0 bridgehead atoms. The van der Waals surface area contributed by atoms with E-state index in [1.807, 2.05) is 24.3 Å². The molecule has 0 atom stereocenters. The first kappa shape index (κ1) is 16.1. The highest BCUT2D eigenvalue weighted by atomic mass is 16.2. The van der Waals surface area contributed by atoms with Gasteiger partial charge in [0.15, 0.2) is 0 Å². The molecular formula is C17H23N3O2. The summed E-state index contributed by atoms with van der Waals surface area (Å²) in [6, 6.07) is 7.23. The molecule has 1 aromatic carbocycles. The van der Waals surface area contributed by atoms with Crippen molar-refractivity contribution in [3.8, 4) is 0 Å². The van der Waals surface area contributed by atoms with Crippen LogP contribution in [0.1, 0.15) is 38.2 Å². The van der Waals surface area contributed by atoms with Gasteiger partial charge in [0, 0.05) is 25.7 Å². The monoisotopic (exact) mass is 301 g/mol. The number of nitrogens with one attached hydrogen (secondary N) is 3. The predicted molar refractivity (Wildman–Crippen MR) is 87.5 cm³/mol. The molecule has 5 nitrogen and oxygen atoms in total. The summed E-state index contributed by atoms with van der Waals surface area (Å²) in [5.41, 5.74) is 3.04. The summed E-state index contributed by atoms with van der Waals surface area (Å²) < 4.78 is 0. The van der Waals surface area contributed by atoms with Gasteiger partial charge in [0.25, 0.3) is 0 Å². The van der Waals surface area contributed by atoms with Crippen LogP contribution in [0.25, 0.3) is 0 Å². The van der Waals surface area contributed by atoms with Crippen molar-refractivity contribution in [3.63, 3.8) is 0 Å². The Morgan fingerprint density at radius 3 is 2.45 bits per heavy atom. The highest BCUT2D eigenvalue weighted by Gasteiger charge is 2.06. The van der Waals surface area contributed by atoms with Gasteiger partial charge in [0.05, 0.1) is 0 Å². The first-order chi connectivity index (χ1) is 10.6. The standard InChI is InChI=1S/C17H23N3O2/c1-13(21)18-11-15-7-9-16(10-8-15)20-17(22)19-12-14-5-3-2-4-6-14/h5,7-10H,2-4,6,11-12H2,1H3,(H,18,21)(H2,19,20,22). The van der Waals surface area contributed by atoms with E-state index >= 15 is 0 Å². The number of hydrogen-bond acceptors (Lipinski definition) is 2. The van der Waals surface area contributed by atoms with Crippen LogP contribution in [0.4, 0.5) is 10.5 Å². The predicted octanol–water partition coefficient (Wildman–Crippen LogP) is 2.94. The third-order valence-corrected chi connectivity index (χ3v) is 3.61. The van der Waals surface area contributed by atoms with Crippen LogP contribution in [0.15, 0.2) is 35.9 Å². The van der Waals surface area contributed by atoms with Crippen LogP contribution in [-0.2, 0) is 11.3 Å². The maximum absolute atomic E-state index is 11.8. The Bertz CT molecular complexity index is 550. The van der Waals surface area contributed by atoms with E-state index < -0.39 is 0 Å². The molecule has 118 valence electrons.